The predicted molar refractivity (Wildman–Crippen MR) is 252 cm³/mol. The van der Waals surface area contributed by atoms with Crippen molar-refractivity contribution in [3.63, 3.8) is 0 Å². The predicted octanol–water partition coefficient (Wildman–Crippen LogP) is 4.74. The van der Waals surface area contributed by atoms with Gasteiger partial charge in [0.1, 0.15) is 0 Å². The minimum absolute atomic E-state index is 0. The third kappa shape index (κ3) is 18.1. The molecule has 0 atom stereocenters. The van der Waals surface area contributed by atoms with E-state index in [1.54, 1.807) is 35.5 Å². The van der Waals surface area contributed by atoms with E-state index in [1.807, 2.05) is 72.0 Å². The van der Waals surface area contributed by atoms with Crippen LogP contribution >= 0.6 is 27.3 Å². The van der Waals surface area contributed by atoms with Gasteiger partial charge in [-0.3, -0.25) is 0 Å². The third-order valence-corrected chi connectivity index (χ3v) is 25.2. The molecule has 0 amide bonds. The van der Waals surface area contributed by atoms with Crippen molar-refractivity contribution in [3.8, 4) is 34.1 Å². The Labute approximate surface area is 380 Å². The standard InChI is InChI=1S/C12H7BrSe.2C12H8SSe.Li.H2O.S8/c13-12-9-14-8-11(12)7-6-10-4-2-1-3-5-10;1-2-4-9(5-3-1)11-6-10-7-14-8-12(10)13-11;13-12-9-14-8-11(12)7-6-10-4-2-1-3-5-10;;;1-3-5-7-8-6-4-2/h1-5,8-9H;1-8H;1-5,8-9,13H;;1H2;/q;;;+1;;/p-1. The van der Waals surface area contributed by atoms with E-state index in [4.69, 9.17) is 12.6 Å². The van der Waals surface area contributed by atoms with Crippen molar-refractivity contribution in [2.24, 2.45) is 0 Å². The Morgan fingerprint density at radius 2 is 1.10 bits per heavy atom. The Morgan fingerprint density at radius 3 is 1.58 bits per heavy atom. The molecule has 0 saturated heterocycles. The van der Waals surface area contributed by atoms with Gasteiger partial charge in [-0.15, -0.1) is 0 Å². The van der Waals surface area contributed by atoms with E-state index >= 15 is 0 Å². The minimum atomic E-state index is 0. The van der Waals surface area contributed by atoms with Crippen molar-refractivity contribution >= 4 is 169 Å². The molecule has 1 nitrogen and oxygen atoms in total. The average Bonchev–Trinajstić information content (AvgIpc) is 3.97. The van der Waals surface area contributed by atoms with Crippen LogP contribution in [-0.2, 0) is 88.3 Å². The summed E-state index contributed by atoms with van der Waals surface area (Å²) in [5.74, 6) is 12.5. The number of halogens is 1. The quantitative estimate of drug-likeness (QED) is 0.136. The summed E-state index contributed by atoms with van der Waals surface area (Å²) in [6.07, 6.45) is 0. The zero-order valence-corrected chi connectivity index (χ0v) is 41.8. The van der Waals surface area contributed by atoms with Crippen LogP contribution in [0.15, 0.2) is 136 Å². The van der Waals surface area contributed by atoms with Crippen LogP contribution in [0.2, 0.25) is 0 Å². The molecule has 4 heterocycles. The van der Waals surface area contributed by atoms with Crippen molar-refractivity contribution in [2.75, 3.05) is 0 Å². The van der Waals surface area contributed by atoms with Crippen LogP contribution in [0.3, 0.4) is 0 Å². The van der Waals surface area contributed by atoms with Crippen LogP contribution in [0, 0.1) is 23.7 Å². The van der Waals surface area contributed by atoms with Crippen molar-refractivity contribution < 1.29 is 24.3 Å². The molecule has 4 aromatic heterocycles. The van der Waals surface area contributed by atoms with E-state index in [0.29, 0.717) is 43.5 Å². The van der Waals surface area contributed by atoms with Crippen LogP contribution in [0.5, 0.6) is 0 Å². The van der Waals surface area contributed by atoms with E-state index < -0.39 is 0 Å². The first-order valence-electron chi connectivity index (χ1n) is 13.9. The van der Waals surface area contributed by atoms with E-state index in [1.165, 1.54) is 38.3 Å². The van der Waals surface area contributed by atoms with Gasteiger partial charge in [0.15, 0.2) is 0 Å². The van der Waals surface area contributed by atoms with Crippen LogP contribution in [0.1, 0.15) is 22.3 Å². The van der Waals surface area contributed by atoms with E-state index in [2.05, 4.69) is 128 Å². The summed E-state index contributed by atoms with van der Waals surface area (Å²) < 4.78 is 2.60. The summed E-state index contributed by atoms with van der Waals surface area (Å²) in [5, 5.41) is 1.44. The second-order valence-electron chi connectivity index (χ2n) is 9.09. The Bertz CT molecular complexity index is 2340. The summed E-state index contributed by atoms with van der Waals surface area (Å²) in [6.45, 7) is 0. The number of fused-ring (bicyclic) bond motifs is 1. The first-order valence-corrected chi connectivity index (χ1v) is 31.2. The summed E-state index contributed by atoms with van der Waals surface area (Å²) in [4.78, 5) is 15.6. The first-order chi connectivity index (χ1) is 24.6. The van der Waals surface area contributed by atoms with Crippen LogP contribution in [0.4, 0.5) is 0 Å². The summed E-state index contributed by atoms with van der Waals surface area (Å²) in [6, 6.07) is 32.9. The first kappa shape index (κ1) is 47.9. The van der Waals surface area contributed by atoms with Gasteiger partial charge in [0.05, 0.1) is 0 Å². The molecular formula is C36H24BrLiOS10Se3. The van der Waals surface area contributed by atoms with Gasteiger partial charge in [0.2, 0.25) is 0 Å². The van der Waals surface area contributed by atoms with Crippen LogP contribution in [-0.4, -0.2) is 49.0 Å². The zero-order valence-electron chi connectivity index (χ0n) is 26.9. The maximum absolute atomic E-state index is 5.15. The van der Waals surface area contributed by atoms with Crippen molar-refractivity contribution in [3.05, 3.63) is 153 Å². The van der Waals surface area contributed by atoms with Crippen molar-refractivity contribution in [1.82, 2.24) is 0 Å². The Kier molecular flexibility index (Phi) is 26.8. The molecule has 0 unspecified atom stereocenters. The normalized spacial score (nSPS) is 8.87. The molecule has 0 fully saturated rings. The zero-order chi connectivity index (χ0) is 35.2. The summed E-state index contributed by atoms with van der Waals surface area (Å²) >= 11 is 21.3. The fourth-order valence-electron chi connectivity index (χ4n) is 3.63. The van der Waals surface area contributed by atoms with Crippen LogP contribution in [0.25, 0.3) is 20.5 Å². The number of benzene rings is 3. The molecule has 0 saturated carbocycles. The molecule has 0 spiro atoms. The van der Waals surface area contributed by atoms with Gasteiger partial charge in [-0.05, 0) is 0 Å². The van der Waals surface area contributed by atoms with Gasteiger partial charge in [0, 0.05) is 75.7 Å². The number of thiophene rings is 1. The van der Waals surface area contributed by atoms with E-state index in [-0.39, 0.29) is 24.3 Å². The molecule has 16 heteroatoms. The number of rotatable bonds is 1. The molecule has 0 aliphatic heterocycles. The molecule has 0 bridgehead atoms. The summed E-state index contributed by atoms with van der Waals surface area (Å²) in [7, 11) is 9.12. The van der Waals surface area contributed by atoms with Crippen molar-refractivity contribution in [1.29, 1.82) is 0 Å². The van der Waals surface area contributed by atoms with Gasteiger partial charge in [-0.2, -0.15) is 0 Å². The number of hydrogen-bond donors (Lipinski definition) is 0. The molecule has 7 rings (SSSR count). The molecule has 0 aliphatic rings. The molecule has 7 aromatic rings. The fraction of sp³-hybridized carbons (Fsp3) is 0. The second kappa shape index (κ2) is 29.1. The molecule has 0 aliphatic carbocycles. The monoisotopic (exact) mass is 1120 g/mol. The van der Waals surface area contributed by atoms with Gasteiger partial charge in [0.25, 0.3) is 0 Å². The molecular weight excluding hydrogens is 1090 g/mol. The van der Waals surface area contributed by atoms with Gasteiger partial charge >= 0.3 is 305 Å². The maximum atomic E-state index is 5.15. The van der Waals surface area contributed by atoms with E-state index in [0.717, 1.165) is 31.6 Å². The second-order valence-corrected chi connectivity index (χ2v) is 26.8. The topological polar surface area (TPSA) is 31.5 Å². The SMILES string of the molecule is Brc1c[se]cc1C#Cc1ccccc1.O.S=S=S=S=S=S=S=S.[Li+].[S-]c1c[se]cc1C#Cc1ccccc1.c1ccc(-c2cc3c[se]cc3s2)cc1. The molecule has 52 heavy (non-hydrogen) atoms. The fourth-order valence-corrected chi connectivity index (χ4v) is 22.1. The average molecular weight is 1120 g/mol. The molecule has 0 radical (unpaired) electrons. The molecule has 260 valence electrons. The molecule has 3 aromatic carbocycles. The van der Waals surface area contributed by atoms with Gasteiger partial charge < -0.3 is 5.48 Å². The summed E-state index contributed by atoms with van der Waals surface area (Å²) in [5.41, 5.74) is 5.57. The van der Waals surface area contributed by atoms with Crippen LogP contribution < -0.4 is 18.9 Å². The Hall–Kier alpha value is -0.244. The number of hydrogen-bond acceptors (Lipinski definition) is 4. The van der Waals surface area contributed by atoms with Crippen molar-refractivity contribution in [2.45, 2.75) is 4.90 Å². The Balaban J connectivity index is 0.000000242. The third-order valence-electron chi connectivity index (χ3n) is 5.83. The van der Waals surface area contributed by atoms with Gasteiger partial charge in [-0.1, -0.05) is 0 Å². The van der Waals surface area contributed by atoms with Gasteiger partial charge in [-0.25, -0.2) is 0 Å². The molecule has 2 N–H and O–H groups in total. The Morgan fingerprint density at radius 1 is 0.596 bits per heavy atom. The van der Waals surface area contributed by atoms with E-state index in [9.17, 15) is 0 Å².